The van der Waals surface area contributed by atoms with Gasteiger partial charge in [0.2, 0.25) is 0 Å². The van der Waals surface area contributed by atoms with Crippen molar-refractivity contribution in [2.75, 3.05) is 13.2 Å². The molecule has 20 heavy (non-hydrogen) atoms. The van der Waals surface area contributed by atoms with Gasteiger partial charge in [-0.05, 0) is 31.9 Å². The Hall–Kier alpha value is -0.970. The Balaban J connectivity index is 1.66. The second-order valence-corrected chi connectivity index (χ2v) is 7.20. The van der Waals surface area contributed by atoms with Crippen molar-refractivity contribution < 1.29 is 5.11 Å². The van der Waals surface area contributed by atoms with Gasteiger partial charge in [-0.15, -0.1) is 11.3 Å². The molecule has 2 N–H and O–H groups in total. The van der Waals surface area contributed by atoms with Crippen LogP contribution in [-0.4, -0.2) is 29.3 Å². The van der Waals surface area contributed by atoms with Crippen LogP contribution < -0.4 is 5.32 Å². The van der Waals surface area contributed by atoms with E-state index in [0.29, 0.717) is 18.6 Å². The number of aromatic nitrogens is 1. The molecule has 4 heteroatoms. The highest BCUT2D eigenvalue weighted by Crippen LogP contribution is 2.44. The molecule has 1 aliphatic carbocycles. The molecule has 0 saturated heterocycles. The number of nitrogens with one attached hydrogen (secondary N) is 1. The number of nitrogens with zero attached hydrogens (tertiary/aromatic N) is 1. The Labute approximate surface area is 124 Å². The van der Waals surface area contributed by atoms with Crippen LogP contribution in [0.2, 0.25) is 0 Å². The smallest absolute Gasteiger partial charge is 0.0982 e. The van der Waals surface area contributed by atoms with Gasteiger partial charge in [-0.25, -0.2) is 4.98 Å². The summed E-state index contributed by atoms with van der Waals surface area (Å²) < 4.78 is 1.26. The van der Waals surface area contributed by atoms with Gasteiger partial charge < -0.3 is 10.4 Å². The monoisotopic (exact) mass is 290 g/mol. The Morgan fingerprint density at radius 3 is 2.75 bits per heavy atom. The maximum Gasteiger partial charge on any atom is 0.0982 e. The van der Waals surface area contributed by atoms with Gasteiger partial charge in [0.25, 0.3) is 0 Å². The van der Waals surface area contributed by atoms with Crippen molar-refractivity contribution in [3.05, 3.63) is 29.3 Å². The van der Waals surface area contributed by atoms with Crippen molar-refractivity contribution in [3.63, 3.8) is 0 Å². The molecule has 1 heterocycles. The molecular weight excluding hydrogens is 268 g/mol. The van der Waals surface area contributed by atoms with Crippen molar-refractivity contribution in [2.24, 2.45) is 5.41 Å². The van der Waals surface area contributed by atoms with E-state index in [1.165, 1.54) is 9.71 Å². The number of hydrogen-bond donors (Lipinski definition) is 2. The number of para-hydroxylation sites is 1. The Bertz CT molecular complexity index is 558. The van der Waals surface area contributed by atoms with E-state index in [2.05, 4.69) is 37.4 Å². The molecule has 1 saturated carbocycles. The summed E-state index contributed by atoms with van der Waals surface area (Å²) in [5.74, 6) is 0.391. The molecule has 1 fully saturated rings. The minimum Gasteiger partial charge on any atom is -0.396 e. The third-order valence-electron chi connectivity index (χ3n) is 4.54. The first kappa shape index (κ1) is 14.0. The summed E-state index contributed by atoms with van der Waals surface area (Å²) in [6.45, 7) is 5.67. The molecule has 0 amide bonds. The molecule has 108 valence electrons. The minimum atomic E-state index is 0.168. The molecule has 1 aliphatic rings. The largest absolute Gasteiger partial charge is 0.396 e. The fourth-order valence-corrected chi connectivity index (χ4v) is 3.54. The number of aliphatic hydroxyl groups is 1. The van der Waals surface area contributed by atoms with Crippen molar-refractivity contribution in [2.45, 2.75) is 38.6 Å². The zero-order chi connectivity index (χ0) is 14.2. The molecule has 2 atom stereocenters. The van der Waals surface area contributed by atoms with E-state index < -0.39 is 0 Å². The number of fused-ring (bicyclic) bond motifs is 1. The molecular formula is C16H22N2OS. The topological polar surface area (TPSA) is 45.1 Å². The fraction of sp³-hybridized carbons (Fsp3) is 0.562. The molecule has 0 radical (unpaired) electrons. The molecule has 2 unspecified atom stereocenters. The standard InChI is InChI=1S/C16H22N2OS/c1-11(12(2)17-9-16(10-19)7-8-16)15-18-13-5-3-4-6-14(13)20-15/h3-6,11-12,17,19H,7-10H2,1-2H3. The summed E-state index contributed by atoms with van der Waals surface area (Å²) in [5, 5.41) is 14.2. The summed E-state index contributed by atoms with van der Waals surface area (Å²) >= 11 is 1.79. The van der Waals surface area contributed by atoms with Crippen LogP contribution in [0.3, 0.4) is 0 Å². The fourth-order valence-electron chi connectivity index (χ4n) is 2.42. The van der Waals surface area contributed by atoms with Gasteiger partial charge in [0.05, 0.1) is 15.2 Å². The van der Waals surface area contributed by atoms with Gasteiger partial charge in [0.15, 0.2) is 0 Å². The Morgan fingerprint density at radius 1 is 1.35 bits per heavy atom. The van der Waals surface area contributed by atoms with Gasteiger partial charge in [-0.3, -0.25) is 0 Å². The van der Waals surface area contributed by atoms with Gasteiger partial charge in [-0.1, -0.05) is 19.1 Å². The highest BCUT2D eigenvalue weighted by atomic mass is 32.1. The summed E-state index contributed by atoms with van der Waals surface area (Å²) in [4.78, 5) is 4.74. The maximum absolute atomic E-state index is 9.37. The maximum atomic E-state index is 9.37. The lowest BCUT2D eigenvalue weighted by molar-refractivity contribution is 0.203. The molecule has 0 aliphatic heterocycles. The number of thiazole rings is 1. The molecule has 0 spiro atoms. The van der Waals surface area contributed by atoms with Gasteiger partial charge in [0.1, 0.15) is 0 Å². The van der Waals surface area contributed by atoms with Crippen LogP contribution in [0.5, 0.6) is 0 Å². The highest BCUT2D eigenvalue weighted by molar-refractivity contribution is 7.18. The van der Waals surface area contributed by atoms with E-state index in [4.69, 9.17) is 4.98 Å². The summed E-state index contributed by atoms with van der Waals surface area (Å²) in [6.07, 6.45) is 2.30. The number of aliphatic hydroxyl groups excluding tert-OH is 1. The predicted molar refractivity (Wildman–Crippen MR) is 84.3 cm³/mol. The van der Waals surface area contributed by atoms with Crippen LogP contribution in [0.25, 0.3) is 10.2 Å². The number of hydrogen-bond acceptors (Lipinski definition) is 4. The summed E-state index contributed by atoms with van der Waals surface area (Å²) in [5.41, 5.74) is 1.27. The molecule has 2 aromatic rings. The second-order valence-electron chi connectivity index (χ2n) is 6.14. The van der Waals surface area contributed by atoms with Gasteiger partial charge >= 0.3 is 0 Å². The lowest BCUT2D eigenvalue weighted by Crippen LogP contribution is -2.36. The quantitative estimate of drug-likeness (QED) is 0.859. The zero-order valence-electron chi connectivity index (χ0n) is 12.1. The van der Waals surface area contributed by atoms with E-state index in [1.807, 2.05) is 6.07 Å². The first-order chi connectivity index (χ1) is 9.63. The Kier molecular flexibility index (Phi) is 3.80. The van der Waals surface area contributed by atoms with Crippen LogP contribution in [0.15, 0.2) is 24.3 Å². The first-order valence-electron chi connectivity index (χ1n) is 7.33. The van der Waals surface area contributed by atoms with Crippen molar-refractivity contribution in [1.82, 2.24) is 10.3 Å². The average molecular weight is 290 g/mol. The lowest BCUT2D eigenvalue weighted by Gasteiger charge is -2.22. The molecule has 3 rings (SSSR count). The van der Waals surface area contributed by atoms with Crippen LogP contribution in [0.4, 0.5) is 0 Å². The van der Waals surface area contributed by atoms with Crippen LogP contribution in [-0.2, 0) is 0 Å². The van der Waals surface area contributed by atoms with E-state index in [1.54, 1.807) is 11.3 Å². The molecule has 3 nitrogen and oxygen atoms in total. The molecule has 1 aromatic carbocycles. The van der Waals surface area contributed by atoms with Crippen molar-refractivity contribution in [1.29, 1.82) is 0 Å². The van der Waals surface area contributed by atoms with Gasteiger partial charge in [-0.2, -0.15) is 0 Å². The minimum absolute atomic E-state index is 0.168. The predicted octanol–water partition coefficient (Wildman–Crippen LogP) is 3.15. The normalized spacial score (nSPS) is 19.9. The summed E-state index contributed by atoms with van der Waals surface area (Å²) in [6, 6.07) is 8.68. The third kappa shape index (κ3) is 2.73. The SMILES string of the molecule is CC(NCC1(CO)CC1)C(C)c1nc2ccccc2s1. The van der Waals surface area contributed by atoms with E-state index in [9.17, 15) is 5.11 Å². The van der Waals surface area contributed by atoms with Gasteiger partial charge in [0, 0.05) is 30.5 Å². The Morgan fingerprint density at radius 2 is 2.10 bits per heavy atom. The van der Waals surface area contributed by atoms with Crippen molar-refractivity contribution in [3.8, 4) is 0 Å². The third-order valence-corrected chi connectivity index (χ3v) is 5.78. The number of rotatable bonds is 6. The molecule has 1 aromatic heterocycles. The molecule has 0 bridgehead atoms. The van der Waals surface area contributed by atoms with E-state index >= 15 is 0 Å². The van der Waals surface area contributed by atoms with E-state index in [0.717, 1.165) is 24.9 Å². The average Bonchev–Trinajstić information content (AvgIpc) is 3.13. The summed E-state index contributed by atoms with van der Waals surface area (Å²) in [7, 11) is 0. The highest BCUT2D eigenvalue weighted by Gasteiger charge is 2.41. The zero-order valence-corrected chi connectivity index (χ0v) is 12.9. The van der Waals surface area contributed by atoms with E-state index in [-0.39, 0.29) is 5.41 Å². The van der Waals surface area contributed by atoms with Crippen LogP contribution in [0.1, 0.15) is 37.6 Å². The van der Waals surface area contributed by atoms with Crippen molar-refractivity contribution >= 4 is 21.6 Å². The second kappa shape index (κ2) is 5.43. The lowest BCUT2D eigenvalue weighted by atomic mass is 10.0. The first-order valence-corrected chi connectivity index (χ1v) is 8.15. The van der Waals surface area contributed by atoms with Crippen LogP contribution in [0, 0.1) is 5.41 Å². The number of benzene rings is 1. The van der Waals surface area contributed by atoms with Crippen LogP contribution >= 0.6 is 11.3 Å².